The summed E-state index contributed by atoms with van der Waals surface area (Å²) in [4.78, 5) is 26.7. The number of carbonyl (C=O) groups excluding carboxylic acids is 2. The van der Waals surface area contributed by atoms with Gasteiger partial charge < -0.3 is 19.7 Å². The van der Waals surface area contributed by atoms with E-state index in [2.05, 4.69) is 10.1 Å². The monoisotopic (exact) mass is 418 g/mol. The van der Waals surface area contributed by atoms with Crippen LogP contribution in [0.2, 0.25) is 0 Å². The standard InChI is InChI=1S/C22H24F2N2O4/c1-2-16(15-7-3-5-9-18(15)30-22(23)24)25-20(27)11-12-21(28)26-13-14-29-19-10-6-4-8-17(19)26/h3-10,16,22H,2,11-14H2,1H3,(H,25,27). The number of benzene rings is 2. The number of para-hydroxylation sites is 3. The first kappa shape index (κ1) is 21.5. The van der Waals surface area contributed by atoms with E-state index in [1.54, 1.807) is 35.2 Å². The van der Waals surface area contributed by atoms with Gasteiger partial charge in [-0.3, -0.25) is 9.59 Å². The smallest absolute Gasteiger partial charge is 0.387 e. The van der Waals surface area contributed by atoms with Crippen LogP contribution in [0.5, 0.6) is 11.5 Å². The minimum absolute atomic E-state index is 0.00721. The van der Waals surface area contributed by atoms with Crippen molar-refractivity contribution < 1.29 is 27.8 Å². The molecule has 0 spiro atoms. The number of fused-ring (bicyclic) bond motifs is 1. The summed E-state index contributed by atoms with van der Waals surface area (Å²) in [6, 6.07) is 13.1. The van der Waals surface area contributed by atoms with Crippen molar-refractivity contribution in [1.29, 1.82) is 0 Å². The number of ether oxygens (including phenoxy) is 2. The molecule has 0 saturated carbocycles. The molecule has 30 heavy (non-hydrogen) atoms. The number of carbonyl (C=O) groups is 2. The van der Waals surface area contributed by atoms with E-state index in [4.69, 9.17) is 4.74 Å². The molecule has 2 amide bonds. The molecule has 0 aliphatic carbocycles. The number of anilines is 1. The Hall–Kier alpha value is -3.16. The summed E-state index contributed by atoms with van der Waals surface area (Å²) in [5.41, 5.74) is 1.17. The second kappa shape index (κ2) is 10.0. The first-order valence-corrected chi connectivity index (χ1v) is 9.85. The first-order valence-electron chi connectivity index (χ1n) is 9.85. The Morgan fingerprint density at radius 3 is 2.63 bits per heavy atom. The topological polar surface area (TPSA) is 67.9 Å². The Morgan fingerprint density at radius 2 is 1.87 bits per heavy atom. The maximum absolute atomic E-state index is 12.7. The fourth-order valence-corrected chi connectivity index (χ4v) is 3.42. The molecule has 1 N–H and O–H groups in total. The van der Waals surface area contributed by atoms with Gasteiger partial charge in [-0.15, -0.1) is 0 Å². The lowest BCUT2D eigenvalue weighted by molar-refractivity contribution is -0.125. The third-order valence-corrected chi connectivity index (χ3v) is 4.85. The lowest BCUT2D eigenvalue weighted by atomic mass is 10.0. The molecule has 1 aliphatic heterocycles. The SMILES string of the molecule is CCC(NC(=O)CCC(=O)N1CCOc2ccccc21)c1ccccc1OC(F)F. The van der Waals surface area contributed by atoms with Gasteiger partial charge >= 0.3 is 6.61 Å². The van der Waals surface area contributed by atoms with Gasteiger partial charge in [0.05, 0.1) is 18.3 Å². The van der Waals surface area contributed by atoms with Gasteiger partial charge in [0.15, 0.2) is 0 Å². The second-order valence-electron chi connectivity index (χ2n) is 6.81. The molecule has 0 aromatic heterocycles. The Morgan fingerprint density at radius 1 is 1.13 bits per heavy atom. The van der Waals surface area contributed by atoms with Gasteiger partial charge in [-0.05, 0) is 24.6 Å². The Balaban J connectivity index is 1.60. The molecule has 0 fully saturated rings. The first-order chi connectivity index (χ1) is 14.5. The molecular formula is C22H24F2N2O4. The molecule has 3 rings (SSSR count). The van der Waals surface area contributed by atoms with Gasteiger partial charge in [0.25, 0.3) is 0 Å². The molecule has 6 nitrogen and oxygen atoms in total. The molecule has 2 aromatic carbocycles. The van der Waals surface area contributed by atoms with Crippen molar-refractivity contribution in [2.45, 2.75) is 38.8 Å². The Kier molecular flexibility index (Phi) is 7.21. The highest BCUT2D eigenvalue weighted by Crippen LogP contribution is 2.32. The van der Waals surface area contributed by atoms with Crippen LogP contribution in [0.25, 0.3) is 0 Å². The number of alkyl halides is 2. The maximum atomic E-state index is 12.7. The van der Waals surface area contributed by atoms with Gasteiger partial charge in [-0.1, -0.05) is 37.3 Å². The van der Waals surface area contributed by atoms with Crippen LogP contribution in [-0.4, -0.2) is 31.6 Å². The van der Waals surface area contributed by atoms with E-state index in [9.17, 15) is 18.4 Å². The summed E-state index contributed by atoms with van der Waals surface area (Å²) in [6.07, 6.45) is 0.513. The summed E-state index contributed by atoms with van der Waals surface area (Å²) < 4.78 is 35.4. The van der Waals surface area contributed by atoms with E-state index in [1.807, 2.05) is 19.1 Å². The van der Waals surface area contributed by atoms with Gasteiger partial charge in [-0.25, -0.2) is 0 Å². The highest BCUT2D eigenvalue weighted by Gasteiger charge is 2.24. The number of halogens is 2. The third-order valence-electron chi connectivity index (χ3n) is 4.85. The number of amides is 2. The number of hydrogen-bond acceptors (Lipinski definition) is 4. The average molecular weight is 418 g/mol. The summed E-state index contributed by atoms with van der Waals surface area (Å²) in [5, 5.41) is 2.81. The summed E-state index contributed by atoms with van der Waals surface area (Å²) in [6.45, 7) is -0.297. The molecule has 0 saturated heterocycles. The lowest BCUT2D eigenvalue weighted by Crippen LogP contribution is -2.38. The number of nitrogens with one attached hydrogen (secondary N) is 1. The van der Waals surface area contributed by atoms with Gasteiger partial charge in [0.2, 0.25) is 11.8 Å². The molecule has 1 heterocycles. The minimum Gasteiger partial charge on any atom is -0.490 e. The molecule has 160 valence electrons. The summed E-state index contributed by atoms with van der Waals surface area (Å²) in [5.74, 6) is 0.169. The predicted molar refractivity (Wildman–Crippen MR) is 108 cm³/mol. The van der Waals surface area contributed by atoms with Crippen LogP contribution < -0.4 is 19.7 Å². The van der Waals surface area contributed by atoms with Crippen LogP contribution >= 0.6 is 0 Å². The highest BCUT2D eigenvalue weighted by atomic mass is 19.3. The number of nitrogens with zero attached hydrogens (tertiary/aromatic N) is 1. The normalized spacial score (nSPS) is 13.9. The zero-order valence-electron chi connectivity index (χ0n) is 16.6. The van der Waals surface area contributed by atoms with Gasteiger partial charge in [0, 0.05) is 18.4 Å². The van der Waals surface area contributed by atoms with Crippen LogP contribution in [-0.2, 0) is 9.59 Å². The van der Waals surface area contributed by atoms with E-state index >= 15 is 0 Å². The van der Waals surface area contributed by atoms with E-state index in [-0.39, 0.29) is 30.4 Å². The predicted octanol–water partition coefficient (Wildman–Crippen LogP) is 4.06. The Labute approximate surface area is 173 Å². The van der Waals surface area contributed by atoms with Crippen molar-refractivity contribution in [3.63, 3.8) is 0 Å². The van der Waals surface area contributed by atoms with Crippen LogP contribution in [0, 0.1) is 0 Å². The molecular weight excluding hydrogens is 394 g/mol. The average Bonchev–Trinajstić information content (AvgIpc) is 2.75. The third kappa shape index (κ3) is 5.25. The molecule has 8 heteroatoms. The summed E-state index contributed by atoms with van der Waals surface area (Å²) in [7, 11) is 0. The molecule has 1 unspecified atom stereocenters. The second-order valence-corrected chi connectivity index (χ2v) is 6.81. The van der Waals surface area contributed by atoms with Gasteiger partial charge in [0.1, 0.15) is 18.1 Å². The molecule has 1 aliphatic rings. The lowest BCUT2D eigenvalue weighted by Gasteiger charge is -2.29. The van der Waals surface area contributed by atoms with Crippen LogP contribution in [0.4, 0.5) is 14.5 Å². The van der Waals surface area contributed by atoms with Crippen molar-refractivity contribution in [3.05, 3.63) is 54.1 Å². The largest absolute Gasteiger partial charge is 0.490 e. The van der Waals surface area contributed by atoms with Crippen molar-refractivity contribution >= 4 is 17.5 Å². The fraction of sp³-hybridized carbons (Fsp3) is 0.364. The maximum Gasteiger partial charge on any atom is 0.387 e. The Bertz CT molecular complexity index is 891. The fourth-order valence-electron chi connectivity index (χ4n) is 3.42. The quantitative estimate of drug-likeness (QED) is 0.702. The zero-order valence-corrected chi connectivity index (χ0v) is 16.6. The molecule has 2 aromatic rings. The van der Waals surface area contributed by atoms with Crippen LogP contribution in [0.3, 0.4) is 0 Å². The number of rotatable bonds is 8. The van der Waals surface area contributed by atoms with E-state index in [1.165, 1.54) is 6.07 Å². The van der Waals surface area contributed by atoms with Crippen molar-refractivity contribution in [3.8, 4) is 11.5 Å². The van der Waals surface area contributed by atoms with E-state index < -0.39 is 12.7 Å². The molecule has 0 bridgehead atoms. The van der Waals surface area contributed by atoms with Crippen molar-refractivity contribution in [1.82, 2.24) is 5.32 Å². The van der Waals surface area contributed by atoms with Crippen molar-refractivity contribution in [2.75, 3.05) is 18.1 Å². The van der Waals surface area contributed by atoms with E-state index in [0.717, 1.165) is 0 Å². The summed E-state index contributed by atoms with van der Waals surface area (Å²) >= 11 is 0. The highest BCUT2D eigenvalue weighted by molar-refractivity contribution is 5.97. The van der Waals surface area contributed by atoms with Crippen molar-refractivity contribution in [2.24, 2.45) is 0 Å². The minimum atomic E-state index is -2.95. The number of hydrogen-bond donors (Lipinski definition) is 1. The van der Waals surface area contributed by atoms with Crippen LogP contribution in [0.1, 0.15) is 37.8 Å². The molecule has 0 radical (unpaired) electrons. The zero-order chi connectivity index (χ0) is 21.5. The van der Waals surface area contributed by atoms with Gasteiger partial charge in [-0.2, -0.15) is 8.78 Å². The van der Waals surface area contributed by atoms with E-state index in [0.29, 0.717) is 36.6 Å². The van der Waals surface area contributed by atoms with Crippen LogP contribution in [0.15, 0.2) is 48.5 Å². The molecule has 1 atom stereocenters.